The number of hydrogen-bond acceptors (Lipinski definition) is 2. The molecule has 1 fully saturated rings. The van der Waals surface area contributed by atoms with Crippen LogP contribution in [0.25, 0.3) is 0 Å². The Morgan fingerprint density at radius 2 is 2.18 bits per heavy atom. The van der Waals surface area contributed by atoms with Crippen molar-refractivity contribution in [1.82, 2.24) is 5.32 Å². The van der Waals surface area contributed by atoms with Gasteiger partial charge in [0, 0.05) is 6.54 Å². The molecule has 92 valence electrons. The number of carboxylic acids is 1. The fourth-order valence-corrected chi connectivity index (χ4v) is 2.10. The SMILES string of the molecule is Cc1ccc(C)c(CNC(C(=O)O)C2CC2)c1. The monoisotopic (exact) mass is 233 g/mol. The van der Waals surface area contributed by atoms with Gasteiger partial charge in [0.2, 0.25) is 0 Å². The Morgan fingerprint density at radius 3 is 2.76 bits per heavy atom. The van der Waals surface area contributed by atoms with Crippen LogP contribution < -0.4 is 5.32 Å². The Balaban J connectivity index is 2.00. The molecule has 0 aliphatic heterocycles. The van der Waals surface area contributed by atoms with Crippen molar-refractivity contribution < 1.29 is 9.90 Å². The van der Waals surface area contributed by atoms with Gasteiger partial charge in [0.05, 0.1) is 0 Å². The van der Waals surface area contributed by atoms with Gasteiger partial charge in [0.15, 0.2) is 0 Å². The van der Waals surface area contributed by atoms with E-state index in [4.69, 9.17) is 5.11 Å². The maximum Gasteiger partial charge on any atom is 0.320 e. The second-order valence-corrected chi connectivity index (χ2v) is 4.96. The highest BCUT2D eigenvalue weighted by Gasteiger charge is 2.35. The molecule has 2 N–H and O–H groups in total. The van der Waals surface area contributed by atoms with Gasteiger partial charge in [-0.15, -0.1) is 0 Å². The van der Waals surface area contributed by atoms with Crippen molar-refractivity contribution in [2.24, 2.45) is 5.92 Å². The molecule has 1 aliphatic carbocycles. The summed E-state index contributed by atoms with van der Waals surface area (Å²) in [6, 6.07) is 5.90. The van der Waals surface area contributed by atoms with Crippen molar-refractivity contribution in [3.8, 4) is 0 Å². The quantitative estimate of drug-likeness (QED) is 0.820. The van der Waals surface area contributed by atoms with E-state index in [0.29, 0.717) is 12.5 Å². The normalized spacial score (nSPS) is 16.8. The molecular weight excluding hydrogens is 214 g/mol. The lowest BCUT2D eigenvalue weighted by Crippen LogP contribution is -2.38. The van der Waals surface area contributed by atoms with Crippen LogP contribution in [0.2, 0.25) is 0 Å². The first-order chi connectivity index (χ1) is 8.08. The highest BCUT2D eigenvalue weighted by molar-refractivity contribution is 5.74. The lowest BCUT2D eigenvalue weighted by molar-refractivity contribution is -0.140. The molecule has 3 nitrogen and oxygen atoms in total. The van der Waals surface area contributed by atoms with E-state index in [1.54, 1.807) is 0 Å². The molecule has 1 aliphatic rings. The van der Waals surface area contributed by atoms with Crippen LogP contribution in [0, 0.1) is 19.8 Å². The topological polar surface area (TPSA) is 49.3 Å². The summed E-state index contributed by atoms with van der Waals surface area (Å²) < 4.78 is 0. The summed E-state index contributed by atoms with van der Waals surface area (Å²) in [4.78, 5) is 11.1. The second kappa shape index (κ2) is 4.88. The van der Waals surface area contributed by atoms with Crippen LogP contribution in [-0.2, 0) is 11.3 Å². The standard InChI is InChI=1S/C14H19NO2/c1-9-3-4-10(2)12(7-9)8-15-13(14(16)17)11-5-6-11/h3-4,7,11,13,15H,5-6,8H2,1-2H3,(H,16,17). The second-order valence-electron chi connectivity index (χ2n) is 4.96. The van der Waals surface area contributed by atoms with Crippen LogP contribution in [0.3, 0.4) is 0 Å². The molecule has 1 aromatic rings. The summed E-state index contributed by atoms with van der Waals surface area (Å²) >= 11 is 0. The summed E-state index contributed by atoms with van der Waals surface area (Å²) in [5.74, 6) is -0.393. The molecule has 0 heterocycles. The number of rotatable bonds is 5. The van der Waals surface area contributed by atoms with Crippen molar-refractivity contribution >= 4 is 5.97 Å². The first kappa shape index (κ1) is 12.1. The molecule has 17 heavy (non-hydrogen) atoms. The number of hydrogen-bond donors (Lipinski definition) is 2. The van der Waals surface area contributed by atoms with Crippen molar-refractivity contribution in [2.75, 3.05) is 0 Å². The Morgan fingerprint density at radius 1 is 1.47 bits per heavy atom. The minimum atomic E-state index is -0.724. The fourth-order valence-electron chi connectivity index (χ4n) is 2.10. The molecule has 0 aromatic heterocycles. The molecule has 0 saturated heterocycles. The number of nitrogens with one attached hydrogen (secondary N) is 1. The molecule has 3 heteroatoms. The molecule has 1 unspecified atom stereocenters. The molecule has 1 saturated carbocycles. The minimum absolute atomic E-state index is 0.331. The third-order valence-electron chi connectivity index (χ3n) is 3.38. The van der Waals surface area contributed by atoms with Crippen LogP contribution in [0.4, 0.5) is 0 Å². The Labute approximate surface area is 102 Å². The zero-order valence-electron chi connectivity index (χ0n) is 10.4. The fraction of sp³-hybridized carbons (Fsp3) is 0.500. The average Bonchev–Trinajstić information content (AvgIpc) is 3.07. The Bertz CT molecular complexity index is 424. The highest BCUT2D eigenvalue weighted by atomic mass is 16.4. The summed E-state index contributed by atoms with van der Waals surface area (Å²) in [6.45, 7) is 4.75. The van der Waals surface area contributed by atoms with Crippen LogP contribution in [-0.4, -0.2) is 17.1 Å². The van der Waals surface area contributed by atoms with E-state index < -0.39 is 5.97 Å². The molecular formula is C14H19NO2. The van der Waals surface area contributed by atoms with Crippen molar-refractivity contribution in [1.29, 1.82) is 0 Å². The summed E-state index contributed by atoms with van der Waals surface area (Å²) in [7, 11) is 0. The number of carbonyl (C=O) groups is 1. The van der Waals surface area contributed by atoms with Crippen LogP contribution in [0.1, 0.15) is 29.5 Å². The maximum atomic E-state index is 11.1. The molecule has 0 radical (unpaired) electrons. The molecule has 0 amide bonds. The largest absolute Gasteiger partial charge is 0.480 e. The first-order valence-corrected chi connectivity index (χ1v) is 6.10. The number of benzene rings is 1. The number of aliphatic carboxylic acids is 1. The van der Waals surface area contributed by atoms with Crippen LogP contribution in [0.15, 0.2) is 18.2 Å². The third kappa shape index (κ3) is 3.07. The Kier molecular flexibility index (Phi) is 3.48. The predicted octanol–water partition coefficient (Wildman–Crippen LogP) is 2.26. The summed E-state index contributed by atoms with van der Waals surface area (Å²) in [6.07, 6.45) is 2.08. The van der Waals surface area contributed by atoms with E-state index in [9.17, 15) is 4.79 Å². The molecule has 0 spiro atoms. The number of aryl methyl sites for hydroxylation is 2. The van der Waals surface area contributed by atoms with Crippen molar-refractivity contribution in [2.45, 2.75) is 39.3 Å². The van der Waals surface area contributed by atoms with Gasteiger partial charge in [-0.05, 0) is 43.7 Å². The molecule has 0 bridgehead atoms. The van der Waals surface area contributed by atoms with E-state index >= 15 is 0 Å². The maximum absolute atomic E-state index is 11.1. The van der Waals surface area contributed by atoms with E-state index in [1.807, 2.05) is 0 Å². The third-order valence-corrected chi connectivity index (χ3v) is 3.38. The van der Waals surface area contributed by atoms with Gasteiger partial charge in [0.25, 0.3) is 0 Å². The predicted molar refractivity (Wildman–Crippen MR) is 66.9 cm³/mol. The Hall–Kier alpha value is -1.35. The van der Waals surface area contributed by atoms with E-state index in [1.165, 1.54) is 16.7 Å². The van der Waals surface area contributed by atoms with Gasteiger partial charge in [-0.2, -0.15) is 0 Å². The first-order valence-electron chi connectivity index (χ1n) is 6.10. The number of carboxylic acid groups (broad SMARTS) is 1. The summed E-state index contributed by atoms with van der Waals surface area (Å²) in [5.41, 5.74) is 3.62. The highest BCUT2D eigenvalue weighted by Crippen LogP contribution is 2.32. The van der Waals surface area contributed by atoms with Gasteiger partial charge in [0.1, 0.15) is 6.04 Å². The lowest BCUT2D eigenvalue weighted by atomic mass is 10.0. The van der Waals surface area contributed by atoms with E-state index in [-0.39, 0.29) is 6.04 Å². The lowest BCUT2D eigenvalue weighted by Gasteiger charge is -2.15. The van der Waals surface area contributed by atoms with Gasteiger partial charge in [-0.25, -0.2) is 0 Å². The van der Waals surface area contributed by atoms with Gasteiger partial charge in [-0.1, -0.05) is 23.8 Å². The van der Waals surface area contributed by atoms with Gasteiger partial charge in [-0.3, -0.25) is 4.79 Å². The van der Waals surface area contributed by atoms with E-state index in [0.717, 1.165) is 12.8 Å². The van der Waals surface area contributed by atoms with Gasteiger partial charge < -0.3 is 10.4 Å². The minimum Gasteiger partial charge on any atom is -0.480 e. The molecule has 1 atom stereocenters. The van der Waals surface area contributed by atoms with Crippen LogP contribution >= 0.6 is 0 Å². The van der Waals surface area contributed by atoms with Crippen molar-refractivity contribution in [3.63, 3.8) is 0 Å². The molecule has 2 rings (SSSR count). The summed E-state index contributed by atoms with van der Waals surface area (Å²) in [5, 5.41) is 12.3. The van der Waals surface area contributed by atoms with Crippen LogP contribution in [0.5, 0.6) is 0 Å². The van der Waals surface area contributed by atoms with Crippen molar-refractivity contribution in [3.05, 3.63) is 34.9 Å². The van der Waals surface area contributed by atoms with Gasteiger partial charge >= 0.3 is 5.97 Å². The molecule has 1 aromatic carbocycles. The van der Waals surface area contributed by atoms with E-state index in [2.05, 4.69) is 37.4 Å². The zero-order chi connectivity index (χ0) is 12.4. The smallest absolute Gasteiger partial charge is 0.320 e. The zero-order valence-corrected chi connectivity index (χ0v) is 10.4. The average molecular weight is 233 g/mol.